The van der Waals surface area contributed by atoms with Crippen LogP contribution in [0.3, 0.4) is 0 Å². The molecule has 1 saturated heterocycles. The molecule has 0 radical (unpaired) electrons. The lowest BCUT2D eigenvalue weighted by Crippen LogP contribution is -2.47. The minimum atomic E-state index is 0.479. The minimum absolute atomic E-state index is 0.479. The maximum absolute atomic E-state index is 5.91. The molecule has 0 aromatic rings. The topological polar surface area (TPSA) is 38.5 Å². The van der Waals surface area contributed by atoms with Crippen LogP contribution in [0, 0.1) is 11.3 Å². The van der Waals surface area contributed by atoms with Crippen LogP contribution in [0.15, 0.2) is 0 Å². The van der Waals surface area contributed by atoms with Crippen molar-refractivity contribution in [2.24, 2.45) is 17.1 Å². The summed E-state index contributed by atoms with van der Waals surface area (Å²) >= 11 is 0. The fraction of sp³-hybridized carbons (Fsp3) is 1.00. The normalized spacial score (nSPS) is 32.4. The highest BCUT2D eigenvalue weighted by Crippen LogP contribution is 2.41. The Morgan fingerprint density at radius 2 is 1.90 bits per heavy atom. The lowest BCUT2D eigenvalue weighted by molar-refractivity contribution is -0.0184. The van der Waals surface area contributed by atoms with E-state index in [9.17, 15) is 0 Å². The molecule has 1 heterocycles. The van der Waals surface area contributed by atoms with E-state index >= 15 is 0 Å². The molecule has 0 bridgehead atoms. The molecule has 2 fully saturated rings. The summed E-state index contributed by atoms with van der Waals surface area (Å²) in [6, 6.07) is 0.804. The van der Waals surface area contributed by atoms with Crippen molar-refractivity contribution in [1.82, 2.24) is 4.90 Å². The van der Waals surface area contributed by atoms with Gasteiger partial charge in [0.05, 0.1) is 6.10 Å². The first-order valence-electron chi connectivity index (χ1n) is 8.56. The molecular weight excluding hydrogens is 248 g/mol. The van der Waals surface area contributed by atoms with Crippen LogP contribution in [-0.4, -0.2) is 43.3 Å². The zero-order chi connectivity index (χ0) is 14.6. The lowest BCUT2D eigenvalue weighted by Gasteiger charge is -2.46. The van der Waals surface area contributed by atoms with E-state index in [4.69, 9.17) is 10.5 Å². The number of likely N-dealkylation sites (tertiary alicyclic amines) is 1. The van der Waals surface area contributed by atoms with Crippen LogP contribution in [0.5, 0.6) is 0 Å². The second kappa shape index (κ2) is 7.24. The second-order valence-electron chi connectivity index (χ2n) is 7.82. The number of hydrogen-bond acceptors (Lipinski definition) is 3. The van der Waals surface area contributed by atoms with Crippen LogP contribution >= 0.6 is 0 Å². The van der Waals surface area contributed by atoms with Crippen LogP contribution < -0.4 is 5.73 Å². The highest BCUT2D eigenvalue weighted by atomic mass is 16.5. The molecule has 0 aromatic heterocycles. The van der Waals surface area contributed by atoms with Gasteiger partial charge in [-0.25, -0.2) is 0 Å². The summed E-state index contributed by atoms with van der Waals surface area (Å²) in [5.41, 5.74) is 6.04. The van der Waals surface area contributed by atoms with Crippen molar-refractivity contribution in [3.05, 3.63) is 0 Å². The average molecular weight is 282 g/mol. The van der Waals surface area contributed by atoms with E-state index in [1.165, 1.54) is 45.2 Å². The van der Waals surface area contributed by atoms with Gasteiger partial charge in [0.1, 0.15) is 0 Å². The summed E-state index contributed by atoms with van der Waals surface area (Å²) in [4.78, 5) is 2.74. The Bertz CT molecular complexity index is 285. The number of nitrogens with zero attached hydrogens (tertiary/aromatic N) is 1. The van der Waals surface area contributed by atoms with Crippen molar-refractivity contribution in [2.45, 2.75) is 71.4 Å². The van der Waals surface area contributed by atoms with Crippen molar-refractivity contribution in [1.29, 1.82) is 0 Å². The van der Waals surface area contributed by atoms with Gasteiger partial charge in [-0.15, -0.1) is 0 Å². The van der Waals surface area contributed by atoms with Gasteiger partial charge in [-0.1, -0.05) is 20.8 Å². The average Bonchev–Trinajstić information content (AvgIpc) is 2.37. The molecule has 20 heavy (non-hydrogen) atoms. The zero-order valence-corrected chi connectivity index (χ0v) is 13.7. The first-order chi connectivity index (χ1) is 9.50. The Labute approximate surface area is 125 Å². The summed E-state index contributed by atoms with van der Waals surface area (Å²) < 4.78 is 5.91. The van der Waals surface area contributed by atoms with Crippen molar-refractivity contribution in [2.75, 3.05) is 26.2 Å². The van der Waals surface area contributed by atoms with Crippen LogP contribution in [0.2, 0.25) is 0 Å². The largest absolute Gasteiger partial charge is 0.378 e. The van der Waals surface area contributed by atoms with E-state index in [2.05, 4.69) is 25.7 Å². The Kier molecular flexibility index (Phi) is 5.88. The van der Waals surface area contributed by atoms with Crippen molar-refractivity contribution < 1.29 is 4.74 Å². The van der Waals surface area contributed by atoms with Gasteiger partial charge >= 0.3 is 0 Å². The van der Waals surface area contributed by atoms with Crippen LogP contribution in [0.4, 0.5) is 0 Å². The third kappa shape index (κ3) is 4.71. The molecule has 118 valence electrons. The molecule has 1 saturated carbocycles. The molecular formula is C17H34N2O. The predicted molar refractivity (Wildman–Crippen MR) is 84.8 cm³/mol. The van der Waals surface area contributed by atoms with Gasteiger partial charge in [-0.05, 0) is 56.4 Å². The molecule has 0 amide bonds. The van der Waals surface area contributed by atoms with E-state index in [1.54, 1.807) is 0 Å². The quantitative estimate of drug-likeness (QED) is 0.788. The number of hydrogen-bond donors (Lipinski definition) is 1. The van der Waals surface area contributed by atoms with Crippen molar-refractivity contribution in [3.8, 4) is 0 Å². The summed E-state index contributed by atoms with van der Waals surface area (Å²) in [6.45, 7) is 11.3. The summed E-state index contributed by atoms with van der Waals surface area (Å²) in [5, 5.41) is 0. The molecule has 0 spiro atoms. The van der Waals surface area contributed by atoms with Crippen molar-refractivity contribution in [3.63, 3.8) is 0 Å². The third-order valence-corrected chi connectivity index (χ3v) is 5.06. The highest BCUT2D eigenvalue weighted by molar-refractivity contribution is 4.89. The summed E-state index contributed by atoms with van der Waals surface area (Å²) in [6.07, 6.45) is 8.03. The SMILES string of the molecule is CC1CC(N2CCC(OCCCN)CC2)CC(C)(C)C1. The number of rotatable bonds is 5. The minimum Gasteiger partial charge on any atom is -0.378 e. The third-order valence-electron chi connectivity index (χ3n) is 5.06. The van der Waals surface area contributed by atoms with Gasteiger partial charge in [0.25, 0.3) is 0 Å². The lowest BCUT2D eigenvalue weighted by atomic mass is 9.70. The van der Waals surface area contributed by atoms with Gasteiger partial charge in [-0.2, -0.15) is 0 Å². The van der Waals surface area contributed by atoms with Crippen LogP contribution in [-0.2, 0) is 4.74 Å². The molecule has 2 N–H and O–H groups in total. The maximum Gasteiger partial charge on any atom is 0.0599 e. The summed E-state index contributed by atoms with van der Waals surface area (Å²) in [7, 11) is 0. The Hall–Kier alpha value is -0.120. The number of nitrogens with two attached hydrogens (primary N) is 1. The van der Waals surface area contributed by atoms with E-state index < -0.39 is 0 Å². The molecule has 2 atom stereocenters. The molecule has 1 aliphatic carbocycles. The molecule has 2 unspecified atom stereocenters. The van der Waals surface area contributed by atoms with E-state index in [-0.39, 0.29) is 0 Å². The van der Waals surface area contributed by atoms with E-state index in [0.29, 0.717) is 11.5 Å². The fourth-order valence-corrected chi connectivity index (χ4v) is 4.31. The van der Waals surface area contributed by atoms with Crippen LogP contribution in [0.25, 0.3) is 0 Å². The zero-order valence-electron chi connectivity index (χ0n) is 13.7. The molecule has 0 aromatic carbocycles. The second-order valence-corrected chi connectivity index (χ2v) is 7.82. The molecule has 3 heteroatoms. The fourth-order valence-electron chi connectivity index (χ4n) is 4.31. The summed E-state index contributed by atoms with van der Waals surface area (Å²) in [5.74, 6) is 0.877. The van der Waals surface area contributed by atoms with Crippen LogP contribution in [0.1, 0.15) is 59.3 Å². The Balaban J connectivity index is 1.75. The number of piperidine rings is 1. The van der Waals surface area contributed by atoms with Gasteiger partial charge < -0.3 is 15.4 Å². The van der Waals surface area contributed by atoms with E-state index in [1.807, 2.05) is 0 Å². The Morgan fingerprint density at radius 1 is 1.20 bits per heavy atom. The molecule has 3 nitrogen and oxygen atoms in total. The standard InChI is InChI=1S/C17H34N2O/c1-14-11-15(13-17(2,3)12-14)19-8-5-16(6-9-19)20-10-4-7-18/h14-16H,4-13,18H2,1-3H3. The monoisotopic (exact) mass is 282 g/mol. The Morgan fingerprint density at radius 3 is 2.50 bits per heavy atom. The first kappa shape index (κ1) is 16.3. The highest BCUT2D eigenvalue weighted by Gasteiger charge is 2.36. The van der Waals surface area contributed by atoms with Gasteiger partial charge in [0.15, 0.2) is 0 Å². The molecule has 1 aliphatic heterocycles. The predicted octanol–water partition coefficient (Wildman–Crippen LogP) is 3.03. The molecule has 2 aliphatic rings. The van der Waals surface area contributed by atoms with Crippen molar-refractivity contribution >= 4 is 0 Å². The number of ether oxygens (including phenoxy) is 1. The maximum atomic E-state index is 5.91. The molecule has 2 rings (SSSR count). The smallest absolute Gasteiger partial charge is 0.0599 e. The van der Waals surface area contributed by atoms with Gasteiger partial charge in [0, 0.05) is 25.7 Å². The van der Waals surface area contributed by atoms with E-state index in [0.717, 1.165) is 31.5 Å². The van der Waals surface area contributed by atoms with Gasteiger partial charge in [0.2, 0.25) is 0 Å². The first-order valence-corrected chi connectivity index (χ1v) is 8.56. The van der Waals surface area contributed by atoms with Gasteiger partial charge in [-0.3, -0.25) is 0 Å².